The summed E-state index contributed by atoms with van der Waals surface area (Å²) in [5, 5.41) is 0. The molecule has 0 heterocycles. The van der Waals surface area contributed by atoms with Crippen LogP contribution in [0.25, 0.3) is 0 Å². The van der Waals surface area contributed by atoms with Crippen molar-refractivity contribution in [2.75, 3.05) is 27.3 Å². The lowest BCUT2D eigenvalue weighted by atomic mass is 10.2. The molecule has 0 aliphatic rings. The molecule has 82 valence electrons. The Morgan fingerprint density at radius 1 is 1.40 bits per heavy atom. The molecule has 1 aromatic rings. The summed E-state index contributed by atoms with van der Waals surface area (Å²) in [5.74, 6) is 0.000355. The maximum absolute atomic E-state index is 11.8. The van der Waals surface area contributed by atoms with Gasteiger partial charge in [-0.05, 0) is 24.3 Å². The van der Waals surface area contributed by atoms with Crippen LogP contribution in [0.1, 0.15) is 10.4 Å². The van der Waals surface area contributed by atoms with Crippen molar-refractivity contribution in [3.8, 4) is 0 Å². The van der Waals surface area contributed by atoms with Crippen LogP contribution in [0.4, 0.5) is 0 Å². The Hall–Kier alpha value is -1.00. The fourth-order valence-corrected chi connectivity index (χ4v) is 1.30. The van der Waals surface area contributed by atoms with E-state index in [2.05, 4.69) is 12.6 Å². The largest absolute Gasteiger partial charge is 0.383 e. The Morgan fingerprint density at radius 3 is 2.53 bits per heavy atom. The number of ether oxygens (including phenoxy) is 1. The first-order chi connectivity index (χ1) is 7.15. The molecule has 0 unspecified atom stereocenters. The summed E-state index contributed by atoms with van der Waals surface area (Å²) in [7, 11) is 3.38. The second-order valence-corrected chi connectivity index (χ2v) is 3.78. The Morgan fingerprint density at radius 2 is 2.00 bits per heavy atom. The first-order valence-corrected chi connectivity index (χ1v) is 5.13. The molecule has 0 spiro atoms. The van der Waals surface area contributed by atoms with E-state index in [1.165, 1.54) is 0 Å². The molecule has 0 radical (unpaired) electrons. The van der Waals surface area contributed by atoms with Crippen LogP contribution in [0.15, 0.2) is 29.2 Å². The summed E-state index contributed by atoms with van der Waals surface area (Å²) in [4.78, 5) is 14.3. The maximum atomic E-state index is 11.8. The molecule has 0 fully saturated rings. The molecule has 0 aromatic heterocycles. The smallest absolute Gasteiger partial charge is 0.253 e. The summed E-state index contributed by atoms with van der Waals surface area (Å²) in [6.45, 7) is 1.14. The molecule has 0 saturated carbocycles. The zero-order valence-corrected chi connectivity index (χ0v) is 9.83. The van der Waals surface area contributed by atoms with Crippen LogP contribution in [0.5, 0.6) is 0 Å². The predicted octanol–water partition coefficient (Wildman–Crippen LogP) is 1.69. The second-order valence-electron chi connectivity index (χ2n) is 3.27. The average Bonchev–Trinajstić information content (AvgIpc) is 2.26. The maximum Gasteiger partial charge on any atom is 0.253 e. The minimum Gasteiger partial charge on any atom is -0.383 e. The minimum absolute atomic E-state index is 0.000355. The van der Waals surface area contributed by atoms with Crippen molar-refractivity contribution in [3.63, 3.8) is 0 Å². The number of methoxy groups -OCH3 is 1. The van der Waals surface area contributed by atoms with Crippen LogP contribution < -0.4 is 0 Å². The van der Waals surface area contributed by atoms with Gasteiger partial charge < -0.3 is 9.64 Å². The third-order valence-corrected chi connectivity index (χ3v) is 2.39. The van der Waals surface area contributed by atoms with Crippen molar-refractivity contribution >= 4 is 18.5 Å². The predicted molar refractivity (Wildman–Crippen MR) is 62.5 cm³/mol. The Balaban J connectivity index is 2.63. The van der Waals surface area contributed by atoms with Gasteiger partial charge in [0.15, 0.2) is 0 Å². The normalized spacial score (nSPS) is 10.1. The van der Waals surface area contributed by atoms with E-state index in [4.69, 9.17) is 4.74 Å². The van der Waals surface area contributed by atoms with Gasteiger partial charge in [-0.1, -0.05) is 0 Å². The zero-order chi connectivity index (χ0) is 11.3. The second kappa shape index (κ2) is 5.78. The van der Waals surface area contributed by atoms with Crippen molar-refractivity contribution < 1.29 is 9.53 Å². The third kappa shape index (κ3) is 3.57. The van der Waals surface area contributed by atoms with Crippen molar-refractivity contribution in [3.05, 3.63) is 29.8 Å². The Labute approximate surface area is 95.4 Å². The van der Waals surface area contributed by atoms with E-state index in [-0.39, 0.29) is 5.91 Å². The average molecular weight is 225 g/mol. The van der Waals surface area contributed by atoms with E-state index in [1.54, 1.807) is 43.3 Å². The lowest BCUT2D eigenvalue weighted by Crippen LogP contribution is -2.29. The first-order valence-electron chi connectivity index (χ1n) is 4.68. The van der Waals surface area contributed by atoms with E-state index in [1.807, 2.05) is 0 Å². The lowest BCUT2D eigenvalue weighted by Gasteiger charge is -2.16. The van der Waals surface area contributed by atoms with E-state index in [9.17, 15) is 4.79 Å². The topological polar surface area (TPSA) is 29.5 Å². The monoisotopic (exact) mass is 225 g/mol. The quantitative estimate of drug-likeness (QED) is 0.790. The number of hydrogen-bond acceptors (Lipinski definition) is 3. The standard InChI is InChI=1S/C11H15NO2S/c1-12(7-8-14-2)11(13)9-3-5-10(15)6-4-9/h3-6,15H,7-8H2,1-2H3. The molecule has 0 aliphatic heterocycles. The molecule has 0 N–H and O–H groups in total. The molecule has 1 aromatic carbocycles. The number of amides is 1. The van der Waals surface area contributed by atoms with Crippen LogP contribution in [0.3, 0.4) is 0 Å². The summed E-state index contributed by atoms with van der Waals surface area (Å²) in [6.07, 6.45) is 0. The van der Waals surface area contributed by atoms with Gasteiger partial charge in [0.2, 0.25) is 0 Å². The summed E-state index contributed by atoms with van der Waals surface area (Å²) in [6, 6.07) is 7.16. The number of carbonyl (C=O) groups is 1. The summed E-state index contributed by atoms with van der Waals surface area (Å²) >= 11 is 4.16. The Kier molecular flexibility index (Phi) is 4.65. The molecular weight excluding hydrogens is 210 g/mol. The summed E-state index contributed by atoms with van der Waals surface area (Å²) < 4.78 is 4.91. The number of carbonyl (C=O) groups excluding carboxylic acids is 1. The van der Waals surface area contributed by atoms with Crippen molar-refractivity contribution in [1.82, 2.24) is 4.90 Å². The highest BCUT2D eigenvalue weighted by atomic mass is 32.1. The van der Waals surface area contributed by atoms with Gasteiger partial charge in [0, 0.05) is 31.2 Å². The van der Waals surface area contributed by atoms with Gasteiger partial charge in [-0.3, -0.25) is 4.79 Å². The van der Waals surface area contributed by atoms with Gasteiger partial charge in [-0.25, -0.2) is 0 Å². The van der Waals surface area contributed by atoms with Gasteiger partial charge in [0.25, 0.3) is 5.91 Å². The van der Waals surface area contributed by atoms with Gasteiger partial charge in [0.1, 0.15) is 0 Å². The number of likely N-dealkylation sites (N-methyl/N-ethyl adjacent to an activating group) is 1. The molecule has 0 atom stereocenters. The fraction of sp³-hybridized carbons (Fsp3) is 0.364. The van der Waals surface area contributed by atoms with Crippen molar-refractivity contribution in [2.45, 2.75) is 4.90 Å². The van der Waals surface area contributed by atoms with Crippen molar-refractivity contribution in [1.29, 1.82) is 0 Å². The summed E-state index contributed by atoms with van der Waals surface area (Å²) in [5.41, 5.74) is 0.673. The lowest BCUT2D eigenvalue weighted by molar-refractivity contribution is 0.0744. The highest BCUT2D eigenvalue weighted by molar-refractivity contribution is 7.80. The van der Waals surface area contributed by atoms with Gasteiger partial charge in [-0.2, -0.15) is 0 Å². The SMILES string of the molecule is COCCN(C)C(=O)c1ccc(S)cc1. The number of rotatable bonds is 4. The van der Waals surface area contributed by atoms with Gasteiger partial charge in [0.05, 0.1) is 6.61 Å². The molecule has 0 aliphatic carbocycles. The van der Waals surface area contributed by atoms with Crippen molar-refractivity contribution in [2.24, 2.45) is 0 Å². The molecule has 1 amide bonds. The van der Waals surface area contributed by atoms with Crippen LogP contribution in [0, 0.1) is 0 Å². The van der Waals surface area contributed by atoms with Gasteiger partial charge >= 0.3 is 0 Å². The first kappa shape index (κ1) is 12.1. The zero-order valence-electron chi connectivity index (χ0n) is 8.93. The number of nitrogens with zero attached hydrogens (tertiary/aromatic N) is 1. The molecule has 0 saturated heterocycles. The van der Waals surface area contributed by atoms with E-state index >= 15 is 0 Å². The van der Waals surface area contributed by atoms with E-state index in [0.29, 0.717) is 18.7 Å². The number of thiol groups is 1. The molecule has 15 heavy (non-hydrogen) atoms. The van der Waals surface area contributed by atoms with Crippen LogP contribution in [-0.2, 0) is 4.74 Å². The molecule has 4 heteroatoms. The molecule has 1 rings (SSSR count). The Bertz CT molecular complexity index is 324. The van der Waals surface area contributed by atoms with E-state index < -0.39 is 0 Å². The highest BCUT2D eigenvalue weighted by Crippen LogP contribution is 2.09. The van der Waals surface area contributed by atoms with E-state index in [0.717, 1.165) is 4.90 Å². The van der Waals surface area contributed by atoms with Crippen LogP contribution in [-0.4, -0.2) is 38.1 Å². The number of benzene rings is 1. The van der Waals surface area contributed by atoms with Crippen LogP contribution in [0.2, 0.25) is 0 Å². The molecule has 3 nitrogen and oxygen atoms in total. The fourth-order valence-electron chi connectivity index (χ4n) is 1.15. The number of hydrogen-bond donors (Lipinski definition) is 1. The van der Waals surface area contributed by atoms with Gasteiger partial charge in [-0.15, -0.1) is 12.6 Å². The molecule has 0 bridgehead atoms. The van der Waals surface area contributed by atoms with Crippen LogP contribution >= 0.6 is 12.6 Å². The minimum atomic E-state index is 0.000355. The third-order valence-electron chi connectivity index (χ3n) is 2.09. The molecular formula is C11H15NO2S. The highest BCUT2D eigenvalue weighted by Gasteiger charge is 2.10.